The zero-order valence-electron chi connectivity index (χ0n) is 18.3. The van der Waals surface area contributed by atoms with Gasteiger partial charge < -0.3 is 9.47 Å². The fraction of sp³-hybridized carbons (Fsp3) is 0.200. The maximum absolute atomic E-state index is 13.0. The Morgan fingerprint density at radius 1 is 1.00 bits per heavy atom. The van der Waals surface area contributed by atoms with Crippen LogP contribution in [0.15, 0.2) is 71.6 Å². The molecule has 0 aliphatic carbocycles. The number of aryl methyl sites for hydroxylation is 1. The molecule has 0 spiro atoms. The summed E-state index contributed by atoms with van der Waals surface area (Å²) in [6.07, 6.45) is 0.731. The average Bonchev–Trinajstić information content (AvgIpc) is 3.30. The number of esters is 1. The van der Waals surface area contributed by atoms with Crippen molar-refractivity contribution in [1.29, 1.82) is 0 Å². The molecule has 0 bridgehead atoms. The highest BCUT2D eigenvalue weighted by atomic mass is 32.2. The summed E-state index contributed by atoms with van der Waals surface area (Å²) in [6, 6.07) is 17.7. The topological polar surface area (TPSA) is 90.0 Å². The molecule has 0 N–H and O–H groups in total. The number of nitrogens with zero attached hydrogens (tertiary/aromatic N) is 1. The molecule has 8 heteroatoms. The standard InChI is InChI=1S/C25H23NO6S/c1-17-6-9-21(10-7-17)26(2)33(29,30)22-5-3-4-20(15-22)25(28)32-16-23(27)18-8-11-24-19(14-18)12-13-31-24/h3-11,14-15H,12-13,16H2,1-2H3. The van der Waals surface area contributed by atoms with Crippen molar-refractivity contribution in [3.05, 3.63) is 89.0 Å². The third-order valence-electron chi connectivity index (χ3n) is 5.47. The van der Waals surface area contributed by atoms with Crippen LogP contribution in [-0.4, -0.2) is 40.4 Å². The van der Waals surface area contributed by atoms with Gasteiger partial charge in [0.2, 0.25) is 0 Å². The van der Waals surface area contributed by atoms with Gasteiger partial charge in [-0.2, -0.15) is 0 Å². The van der Waals surface area contributed by atoms with Gasteiger partial charge in [0.25, 0.3) is 10.0 Å². The number of ether oxygens (including phenoxy) is 2. The molecule has 1 aliphatic rings. The highest BCUT2D eigenvalue weighted by molar-refractivity contribution is 7.92. The maximum atomic E-state index is 13.0. The predicted molar refractivity (Wildman–Crippen MR) is 123 cm³/mol. The first kappa shape index (κ1) is 22.5. The SMILES string of the molecule is Cc1ccc(N(C)S(=O)(=O)c2cccc(C(=O)OCC(=O)c3ccc4c(c3)CCO4)c2)cc1. The van der Waals surface area contributed by atoms with E-state index in [4.69, 9.17) is 9.47 Å². The van der Waals surface area contributed by atoms with E-state index in [-0.39, 0.29) is 16.2 Å². The van der Waals surface area contributed by atoms with Gasteiger partial charge in [0.15, 0.2) is 12.4 Å². The van der Waals surface area contributed by atoms with Crippen LogP contribution in [-0.2, 0) is 21.2 Å². The van der Waals surface area contributed by atoms with Crippen LogP contribution < -0.4 is 9.04 Å². The Kier molecular flexibility index (Phi) is 6.20. The van der Waals surface area contributed by atoms with Gasteiger partial charge in [-0.25, -0.2) is 13.2 Å². The molecule has 170 valence electrons. The summed E-state index contributed by atoms with van der Waals surface area (Å²) in [5.41, 5.74) is 2.94. The van der Waals surface area contributed by atoms with Gasteiger partial charge in [0, 0.05) is 19.0 Å². The molecule has 0 saturated carbocycles. The van der Waals surface area contributed by atoms with Crippen molar-refractivity contribution in [1.82, 2.24) is 0 Å². The Balaban J connectivity index is 1.46. The molecule has 7 nitrogen and oxygen atoms in total. The predicted octanol–water partition coefficient (Wildman–Crippen LogP) is 3.79. The number of hydrogen-bond acceptors (Lipinski definition) is 6. The van der Waals surface area contributed by atoms with E-state index >= 15 is 0 Å². The minimum Gasteiger partial charge on any atom is -0.493 e. The molecule has 1 heterocycles. The summed E-state index contributed by atoms with van der Waals surface area (Å²) in [5, 5.41) is 0. The van der Waals surface area contributed by atoms with Crippen LogP contribution in [0.25, 0.3) is 0 Å². The van der Waals surface area contributed by atoms with E-state index in [1.54, 1.807) is 30.3 Å². The molecule has 0 unspecified atom stereocenters. The third-order valence-corrected chi connectivity index (χ3v) is 7.25. The van der Waals surface area contributed by atoms with Crippen molar-refractivity contribution < 1.29 is 27.5 Å². The lowest BCUT2D eigenvalue weighted by molar-refractivity contribution is 0.0474. The van der Waals surface area contributed by atoms with Gasteiger partial charge in [-0.05, 0) is 61.0 Å². The second-order valence-electron chi connectivity index (χ2n) is 7.76. The molecular formula is C25H23NO6S. The highest BCUT2D eigenvalue weighted by Gasteiger charge is 2.23. The van der Waals surface area contributed by atoms with E-state index in [9.17, 15) is 18.0 Å². The monoisotopic (exact) mass is 465 g/mol. The number of benzene rings is 3. The Morgan fingerprint density at radius 2 is 1.76 bits per heavy atom. The van der Waals surface area contributed by atoms with Crippen molar-refractivity contribution >= 4 is 27.5 Å². The van der Waals surface area contributed by atoms with Crippen molar-refractivity contribution in [3.8, 4) is 5.75 Å². The number of Topliss-reactive ketones (excluding diaryl/α,β-unsaturated/α-hetero) is 1. The van der Waals surface area contributed by atoms with Gasteiger partial charge in [0.05, 0.1) is 22.8 Å². The number of ketones is 1. The van der Waals surface area contributed by atoms with Crippen LogP contribution in [0.3, 0.4) is 0 Å². The van der Waals surface area contributed by atoms with E-state index in [2.05, 4.69) is 0 Å². The van der Waals surface area contributed by atoms with E-state index in [1.165, 1.54) is 31.3 Å². The number of sulfonamides is 1. The van der Waals surface area contributed by atoms with Crippen molar-refractivity contribution in [2.75, 3.05) is 24.6 Å². The smallest absolute Gasteiger partial charge is 0.338 e. The summed E-state index contributed by atoms with van der Waals surface area (Å²) in [6.45, 7) is 2.05. The largest absolute Gasteiger partial charge is 0.493 e. The van der Waals surface area contributed by atoms with Crippen LogP contribution in [0.1, 0.15) is 31.8 Å². The number of hydrogen-bond donors (Lipinski definition) is 0. The second kappa shape index (κ2) is 9.07. The van der Waals surface area contributed by atoms with Crippen LogP contribution in [0.4, 0.5) is 5.69 Å². The lowest BCUT2D eigenvalue weighted by Crippen LogP contribution is -2.26. The molecule has 0 fully saturated rings. The number of rotatable bonds is 7. The number of carbonyl (C=O) groups is 2. The summed E-state index contributed by atoms with van der Waals surface area (Å²) in [5.74, 6) is -0.360. The Hall–Kier alpha value is -3.65. The van der Waals surface area contributed by atoms with Crippen molar-refractivity contribution in [2.24, 2.45) is 0 Å². The average molecular weight is 466 g/mol. The molecule has 0 aromatic heterocycles. The zero-order valence-corrected chi connectivity index (χ0v) is 19.1. The molecule has 3 aromatic carbocycles. The lowest BCUT2D eigenvalue weighted by atomic mass is 10.1. The summed E-state index contributed by atoms with van der Waals surface area (Å²) >= 11 is 0. The Morgan fingerprint density at radius 3 is 2.52 bits per heavy atom. The normalized spacial score (nSPS) is 12.5. The van der Waals surface area contributed by atoms with Crippen molar-refractivity contribution in [3.63, 3.8) is 0 Å². The molecule has 33 heavy (non-hydrogen) atoms. The summed E-state index contributed by atoms with van der Waals surface area (Å²) in [7, 11) is -2.44. The molecule has 4 rings (SSSR count). The second-order valence-corrected chi connectivity index (χ2v) is 9.73. The van der Waals surface area contributed by atoms with E-state index in [0.717, 1.165) is 27.6 Å². The molecule has 0 radical (unpaired) electrons. The van der Waals surface area contributed by atoms with Gasteiger partial charge in [-0.1, -0.05) is 23.8 Å². The van der Waals surface area contributed by atoms with Gasteiger partial charge in [-0.15, -0.1) is 0 Å². The van der Waals surface area contributed by atoms with E-state index in [0.29, 0.717) is 17.9 Å². The maximum Gasteiger partial charge on any atom is 0.338 e. The lowest BCUT2D eigenvalue weighted by Gasteiger charge is -2.20. The summed E-state index contributed by atoms with van der Waals surface area (Å²) < 4.78 is 37.8. The van der Waals surface area contributed by atoms with Crippen LogP contribution >= 0.6 is 0 Å². The zero-order chi connectivity index (χ0) is 23.6. The fourth-order valence-corrected chi connectivity index (χ4v) is 4.73. The molecule has 0 atom stereocenters. The van der Waals surface area contributed by atoms with E-state index < -0.39 is 22.6 Å². The van der Waals surface area contributed by atoms with Gasteiger partial charge >= 0.3 is 5.97 Å². The van der Waals surface area contributed by atoms with Gasteiger partial charge in [0.1, 0.15) is 5.75 Å². The van der Waals surface area contributed by atoms with Crippen molar-refractivity contribution in [2.45, 2.75) is 18.2 Å². The van der Waals surface area contributed by atoms with Gasteiger partial charge in [-0.3, -0.25) is 9.10 Å². The number of carbonyl (C=O) groups excluding carboxylic acids is 2. The minimum atomic E-state index is -3.89. The molecule has 0 saturated heterocycles. The van der Waals surface area contributed by atoms with Crippen LogP contribution in [0.5, 0.6) is 5.75 Å². The third kappa shape index (κ3) is 4.75. The van der Waals surface area contributed by atoms with Crippen LogP contribution in [0, 0.1) is 6.92 Å². The fourth-order valence-electron chi connectivity index (χ4n) is 3.49. The van der Waals surface area contributed by atoms with Crippen LogP contribution in [0.2, 0.25) is 0 Å². The first-order valence-corrected chi connectivity index (χ1v) is 11.8. The number of fused-ring (bicyclic) bond motifs is 1. The minimum absolute atomic E-state index is 0.0449. The summed E-state index contributed by atoms with van der Waals surface area (Å²) in [4.78, 5) is 24.9. The highest BCUT2D eigenvalue weighted by Crippen LogP contribution is 2.26. The first-order chi connectivity index (χ1) is 15.8. The molecule has 3 aromatic rings. The Labute approximate surface area is 192 Å². The number of anilines is 1. The first-order valence-electron chi connectivity index (χ1n) is 10.4. The molecule has 1 aliphatic heterocycles. The quantitative estimate of drug-likeness (QED) is 0.390. The molecule has 0 amide bonds. The Bertz CT molecular complexity index is 1310. The molecular weight excluding hydrogens is 442 g/mol. The van der Waals surface area contributed by atoms with E-state index in [1.807, 2.05) is 19.1 Å².